The molecule has 1 fully saturated rings. The van der Waals surface area contributed by atoms with E-state index >= 15 is 0 Å². The van der Waals surface area contributed by atoms with E-state index in [2.05, 4.69) is 0 Å². The van der Waals surface area contributed by atoms with Crippen molar-refractivity contribution in [3.05, 3.63) is 39.9 Å². The van der Waals surface area contributed by atoms with Gasteiger partial charge < -0.3 is 5.73 Å². The number of hydrogen-bond acceptors (Lipinski definition) is 1. The minimum Gasteiger partial charge on any atom is -0.398 e. The monoisotopic (exact) mass is 389 g/mol. The van der Waals surface area contributed by atoms with Crippen LogP contribution in [0.3, 0.4) is 0 Å². The van der Waals surface area contributed by atoms with Crippen molar-refractivity contribution in [2.75, 3.05) is 5.73 Å². The molecule has 0 aliphatic heterocycles. The van der Waals surface area contributed by atoms with Gasteiger partial charge in [-0.2, -0.15) is 0 Å². The first-order chi connectivity index (χ1) is 9.18. The maximum Gasteiger partial charge on any atom is 0.166 e. The second kappa shape index (κ2) is 4.50. The van der Waals surface area contributed by atoms with Crippen molar-refractivity contribution >= 4 is 75.3 Å². The highest BCUT2D eigenvalue weighted by Gasteiger charge is 2.78. The Morgan fingerprint density at radius 2 is 1.60 bits per heavy atom. The lowest BCUT2D eigenvalue weighted by atomic mass is 9.85. The number of anilines is 1. The van der Waals surface area contributed by atoms with Crippen LogP contribution in [0.25, 0.3) is 0 Å². The third kappa shape index (κ3) is 1.55. The molecule has 2 bridgehead atoms. The first-order valence-corrected chi connectivity index (χ1v) is 8.11. The number of para-hydroxylation sites is 1. The van der Waals surface area contributed by atoms with E-state index < -0.39 is 14.1 Å². The third-order valence-corrected chi connectivity index (χ3v) is 8.43. The lowest BCUT2D eigenvalue weighted by Crippen LogP contribution is -2.43. The van der Waals surface area contributed by atoms with Crippen LogP contribution in [0.2, 0.25) is 0 Å². The SMILES string of the molecule is Nc1ccccc1C1CC2(Cl)C(Cl)=C(Cl)C1(Cl)C2(Cl)Cl. The first-order valence-electron chi connectivity index (χ1n) is 5.84. The molecule has 0 amide bonds. The third-order valence-electron chi connectivity index (χ3n) is 4.15. The zero-order valence-corrected chi connectivity index (χ0v) is 14.5. The summed E-state index contributed by atoms with van der Waals surface area (Å²) in [6.07, 6.45) is 0.369. The lowest BCUT2D eigenvalue weighted by molar-refractivity contribution is 0.603. The molecule has 0 aromatic heterocycles. The number of alkyl halides is 4. The van der Waals surface area contributed by atoms with Crippen LogP contribution in [0.1, 0.15) is 17.9 Å². The maximum atomic E-state index is 6.72. The van der Waals surface area contributed by atoms with E-state index in [1.54, 1.807) is 6.07 Å². The minimum atomic E-state index is -1.51. The molecule has 3 atom stereocenters. The second-order valence-electron chi connectivity index (χ2n) is 5.10. The van der Waals surface area contributed by atoms with Crippen molar-refractivity contribution < 1.29 is 0 Å². The molecule has 0 saturated heterocycles. The Balaban J connectivity index is 2.23. The molecule has 2 aliphatic carbocycles. The van der Waals surface area contributed by atoms with Crippen LogP contribution in [-0.4, -0.2) is 14.1 Å². The van der Waals surface area contributed by atoms with Crippen LogP contribution >= 0.6 is 69.6 Å². The molecule has 1 aromatic rings. The van der Waals surface area contributed by atoms with Gasteiger partial charge in [0.1, 0.15) is 9.75 Å². The number of benzene rings is 1. The standard InChI is InChI=1S/C13H9Cl6N/c14-9-10(15)12(17)7(5-11(9,16)13(12,18)19)6-3-1-2-4-8(6)20/h1-4,7H,5,20H2. The van der Waals surface area contributed by atoms with Crippen molar-refractivity contribution in [1.29, 1.82) is 0 Å². The quantitative estimate of drug-likeness (QED) is 0.490. The number of nitrogen functional groups attached to an aromatic ring is 1. The predicted molar refractivity (Wildman–Crippen MR) is 88.5 cm³/mol. The van der Waals surface area contributed by atoms with Gasteiger partial charge in [-0.25, -0.2) is 0 Å². The van der Waals surface area contributed by atoms with Crippen LogP contribution in [-0.2, 0) is 0 Å². The summed E-state index contributed by atoms with van der Waals surface area (Å²) in [4.78, 5) is -2.49. The van der Waals surface area contributed by atoms with Crippen molar-refractivity contribution in [2.45, 2.75) is 26.4 Å². The summed E-state index contributed by atoms with van der Waals surface area (Å²) < 4.78 is -1.51. The molecule has 1 nitrogen and oxygen atoms in total. The van der Waals surface area contributed by atoms with Gasteiger partial charge in [-0.1, -0.05) is 64.6 Å². The summed E-state index contributed by atoms with van der Waals surface area (Å²) in [5.74, 6) is -0.312. The van der Waals surface area contributed by atoms with E-state index in [0.29, 0.717) is 12.1 Å². The minimum absolute atomic E-state index is 0.195. The molecule has 2 N–H and O–H groups in total. The van der Waals surface area contributed by atoms with E-state index in [1.165, 1.54) is 0 Å². The van der Waals surface area contributed by atoms with Gasteiger partial charge in [-0.3, -0.25) is 0 Å². The largest absolute Gasteiger partial charge is 0.398 e. The Kier molecular flexibility index (Phi) is 3.47. The smallest absolute Gasteiger partial charge is 0.166 e. The number of nitrogens with two attached hydrogens (primary N) is 1. The van der Waals surface area contributed by atoms with Crippen LogP contribution in [0.4, 0.5) is 5.69 Å². The molecule has 7 heteroatoms. The molecule has 108 valence electrons. The lowest BCUT2D eigenvalue weighted by Gasteiger charge is -2.34. The fourth-order valence-electron chi connectivity index (χ4n) is 3.06. The summed E-state index contributed by atoms with van der Waals surface area (Å²) in [5, 5.41) is 0.409. The molecule has 3 unspecified atom stereocenters. The van der Waals surface area contributed by atoms with Crippen molar-refractivity contribution in [3.8, 4) is 0 Å². The van der Waals surface area contributed by atoms with Crippen LogP contribution in [0.5, 0.6) is 0 Å². The average Bonchev–Trinajstić information content (AvgIpc) is 2.61. The van der Waals surface area contributed by atoms with Gasteiger partial charge in [0.05, 0.1) is 10.1 Å². The molecule has 0 spiro atoms. The number of halogens is 6. The summed E-state index contributed by atoms with van der Waals surface area (Å²) in [6, 6.07) is 7.35. The van der Waals surface area contributed by atoms with E-state index in [1.807, 2.05) is 18.2 Å². The average molecular weight is 392 g/mol. The fourth-order valence-corrected chi connectivity index (χ4v) is 5.85. The van der Waals surface area contributed by atoms with Gasteiger partial charge in [0.25, 0.3) is 0 Å². The highest BCUT2D eigenvalue weighted by molar-refractivity contribution is 6.65. The Labute approximate surface area is 146 Å². The number of fused-ring (bicyclic) bond motifs is 2. The number of rotatable bonds is 1. The van der Waals surface area contributed by atoms with Crippen molar-refractivity contribution in [3.63, 3.8) is 0 Å². The van der Waals surface area contributed by atoms with Crippen molar-refractivity contribution in [1.82, 2.24) is 0 Å². The maximum absolute atomic E-state index is 6.72. The second-order valence-corrected chi connectivity index (χ2v) is 8.43. The predicted octanol–water partition coefficient (Wildman–Crippen LogP) is 5.59. The van der Waals surface area contributed by atoms with E-state index in [-0.39, 0.29) is 16.0 Å². The van der Waals surface area contributed by atoms with Gasteiger partial charge in [0.15, 0.2) is 4.33 Å². The van der Waals surface area contributed by atoms with Crippen molar-refractivity contribution in [2.24, 2.45) is 0 Å². The first kappa shape index (κ1) is 15.4. The fraction of sp³-hybridized carbons (Fsp3) is 0.385. The number of hydrogen-bond donors (Lipinski definition) is 1. The molecular formula is C13H9Cl6N. The Hall–Kier alpha value is 0.500. The van der Waals surface area contributed by atoms with E-state index in [9.17, 15) is 0 Å². The zero-order valence-electron chi connectivity index (χ0n) is 9.94. The normalized spacial score (nSPS) is 38.6. The topological polar surface area (TPSA) is 26.0 Å². The van der Waals surface area contributed by atoms with E-state index in [4.69, 9.17) is 75.3 Å². The molecule has 20 heavy (non-hydrogen) atoms. The van der Waals surface area contributed by atoms with E-state index in [0.717, 1.165) is 5.56 Å². The molecule has 3 rings (SSSR count). The molecule has 1 aromatic carbocycles. The van der Waals surface area contributed by atoms with Crippen LogP contribution in [0.15, 0.2) is 34.3 Å². The Morgan fingerprint density at radius 1 is 1.00 bits per heavy atom. The van der Waals surface area contributed by atoms with Gasteiger partial charge in [-0.15, -0.1) is 23.2 Å². The Bertz CT molecular complexity index is 627. The summed E-state index contributed by atoms with van der Waals surface area (Å²) in [6.45, 7) is 0. The Morgan fingerprint density at radius 3 is 2.10 bits per heavy atom. The van der Waals surface area contributed by atoms with Gasteiger partial charge >= 0.3 is 0 Å². The van der Waals surface area contributed by atoms with Gasteiger partial charge in [-0.05, 0) is 18.1 Å². The van der Waals surface area contributed by atoms with Gasteiger partial charge in [0, 0.05) is 11.6 Å². The summed E-state index contributed by atoms with van der Waals surface area (Å²) >= 11 is 38.7. The van der Waals surface area contributed by atoms with Gasteiger partial charge in [0.2, 0.25) is 0 Å². The highest BCUT2D eigenvalue weighted by atomic mass is 35.5. The molecule has 1 saturated carbocycles. The highest BCUT2D eigenvalue weighted by Crippen LogP contribution is 2.76. The van der Waals surface area contributed by atoms with Crippen LogP contribution in [0, 0.1) is 0 Å². The molecule has 0 radical (unpaired) electrons. The molecule has 0 heterocycles. The molecular weight excluding hydrogens is 383 g/mol. The zero-order chi connectivity index (χ0) is 14.9. The molecule has 2 aliphatic rings. The number of allylic oxidation sites excluding steroid dienone is 2. The summed E-state index contributed by atoms with van der Waals surface area (Å²) in [5.41, 5.74) is 7.43. The summed E-state index contributed by atoms with van der Waals surface area (Å²) in [7, 11) is 0. The van der Waals surface area contributed by atoms with Crippen LogP contribution < -0.4 is 5.73 Å².